The van der Waals surface area contributed by atoms with Crippen molar-refractivity contribution in [2.24, 2.45) is 0 Å². The summed E-state index contributed by atoms with van der Waals surface area (Å²) in [5, 5.41) is 4.07. The van der Waals surface area contributed by atoms with Gasteiger partial charge in [0.05, 0.1) is 5.56 Å². The summed E-state index contributed by atoms with van der Waals surface area (Å²) in [4.78, 5) is 0. The molecule has 0 saturated carbocycles. The standard InChI is InChI=1S/C18H12NS/c1-2-6-13-10-15-14(9-12(13)5-1)11-19-16-7-3-4-8-17(16)20-18(15)19/h1-10H,11H2/q+1. The lowest BCUT2D eigenvalue weighted by Gasteiger charge is -1.99. The molecule has 0 spiro atoms. The summed E-state index contributed by atoms with van der Waals surface area (Å²) in [6.45, 7) is 1.000. The molecule has 0 radical (unpaired) electrons. The molecule has 0 amide bonds. The molecule has 0 N–H and O–H groups in total. The Morgan fingerprint density at radius 2 is 1.60 bits per heavy atom. The first kappa shape index (κ1) is 10.6. The molecule has 1 aromatic heterocycles. The smallest absolute Gasteiger partial charge is 0.177 e. The van der Waals surface area contributed by atoms with Gasteiger partial charge in [-0.25, -0.2) is 0 Å². The molecule has 1 aliphatic heterocycles. The van der Waals surface area contributed by atoms with Gasteiger partial charge in [0.2, 0.25) is 5.52 Å². The third-order valence-corrected chi connectivity index (χ3v) is 5.34. The first-order chi connectivity index (χ1) is 9.90. The molecule has 94 valence electrons. The Bertz CT molecular complexity index is 981. The zero-order valence-corrected chi connectivity index (χ0v) is 11.7. The highest BCUT2D eigenvalue weighted by atomic mass is 32.1. The number of rotatable bonds is 0. The van der Waals surface area contributed by atoms with E-state index in [1.165, 1.54) is 37.1 Å². The predicted octanol–water partition coefficient (Wildman–Crippen LogP) is 4.37. The van der Waals surface area contributed by atoms with Crippen LogP contribution in [0.4, 0.5) is 0 Å². The van der Waals surface area contributed by atoms with Crippen LogP contribution in [0.25, 0.3) is 31.6 Å². The van der Waals surface area contributed by atoms with E-state index in [1.807, 2.05) is 11.3 Å². The Balaban J connectivity index is 1.87. The fourth-order valence-electron chi connectivity index (χ4n) is 3.18. The number of nitrogens with zero attached hydrogens (tertiary/aromatic N) is 1. The minimum Gasteiger partial charge on any atom is -0.177 e. The fraction of sp³-hybridized carbons (Fsp3) is 0.0556. The van der Waals surface area contributed by atoms with Crippen LogP contribution in [0.2, 0.25) is 0 Å². The van der Waals surface area contributed by atoms with Crippen molar-refractivity contribution in [2.75, 3.05) is 0 Å². The van der Waals surface area contributed by atoms with Gasteiger partial charge >= 0.3 is 0 Å². The van der Waals surface area contributed by atoms with Gasteiger partial charge in [0.25, 0.3) is 5.01 Å². The number of thiazole rings is 1. The summed E-state index contributed by atoms with van der Waals surface area (Å²) in [6, 6.07) is 22.0. The van der Waals surface area contributed by atoms with E-state index in [1.54, 1.807) is 0 Å². The minimum atomic E-state index is 1.000. The molecule has 0 unspecified atom stereocenters. The highest BCUT2D eigenvalue weighted by Crippen LogP contribution is 2.37. The highest BCUT2D eigenvalue weighted by molar-refractivity contribution is 7.21. The molecule has 2 heteroatoms. The van der Waals surface area contributed by atoms with E-state index in [2.05, 4.69) is 65.2 Å². The summed E-state index contributed by atoms with van der Waals surface area (Å²) in [7, 11) is 0. The zero-order valence-electron chi connectivity index (χ0n) is 10.8. The predicted molar refractivity (Wildman–Crippen MR) is 84.1 cm³/mol. The maximum atomic E-state index is 2.45. The lowest BCUT2D eigenvalue weighted by molar-refractivity contribution is -0.641. The van der Waals surface area contributed by atoms with Crippen LogP contribution in [-0.4, -0.2) is 0 Å². The SMILES string of the molecule is c1ccc2cc3c(cc2c1)C[n+]1c-3sc2ccccc21. The minimum absolute atomic E-state index is 1.000. The van der Waals surface area contributed by atoms with E-state index in [-0.39, 0.29) is 0 Å². The maximum absolute atomic E-state index is 2.45. The van der Waals surface area contributed by atoms with Crippen LogP contribution in [0.15, 0.2) is 60.7 Å². The second-order valence-electron chi connectivity index (χ2n) is 5.32. The van der Waals surface area contributed by atoms with E-state index < -0.39 is 0 Å². The number of benzene rings is 3. The van der Waals surface area contributed by atoms with E-state index in [4.69, 9.17) is 0 Å². The van der Waals surface area contributed by atoms with Gasteiger partial charge in [-0.3, -0.25) is 0 Å². The molecule has 3 aromatic carbocycles. The van der Waals surface area contributed by atoms with Crippen LogP contribution >= 0.6 is 11.3 Å². The fourth-order valence-corrected chi connectivity index (χ4v) is 4.39. The van der Waals surface area contributed by atoms with Crippen LogP contribution in [0.3, 0.4) is 0 Å². The monoisotopic (exact) mass is 274 g/mol. The van der Waals surface area contributed by atoms with Crippen molar-refractivity contribution in [2.45, 2.75) is 6.54 Å². The van der Waals surface area contributed by atoms with Crippen molar-refractivity contribution in [3.63, 3.8) is 0 Å². The molecule has 4 aromatic rings. The third kappa shape index (κ3) is 1.29. The average molecular weight is 274 g/mol. The second kappa shape index (κ2) is 3.68. The van der Waals surface area contributed by atoms with Crippen LogP contribution < -0.4 is 4.57 Å². The van der Waals surface area contributed by atoms with Gasteiger partial charge in [0, 0.05) is 11.6 Å². The summed E-state index contributed by atoms with van der Waals surface area (Å²) in [6.07, 6.45) is 0. The molecule has 0 fully saturated rings. The van der Waals surface area contributed by atoms with Crippen LogP contribution in [0.5, 0.6) is 0 Å². The quantitative estimate of drug-likeness (QED) is 0.369. The highest BCUT2D eigenvalue weighted by Gasteiger charge is 2.31. The summed E-state index contributed by atoms with van der Waals surface area (Å²) in [5.41, 5.74) is 4.21. The molecule has 1 aliphatic rings. The van der Waals surface area contributed by atoms with Gasteiger partial charge in [0.15, 0.2) is 6.54 Å². The molecule has 0 atom stereocenters. The Hall–Kier alpha value is -2.19. The Kier molecular flexibility index (Phi) is 1.94. The van der Waals surface area contributed by atoms with Crippen molar-refractivity contribution >= 4 is 32.3 Å². The van der Waals surface area contributed by atoms with Crippen molar-refractivity contribution in [3.8, 4) is 10.6 Å². The summed E-state index contributed by atoms with van der Waals surface area (Å²) < 4.78 is 3.82. The molecule has 0 aliphatic carbocycles. The molecule has 5 rings (SSSR count). The van der Waals surface area contributed by atoms with Gasteiger partial charge in [0.1, 0.15) is 4.70 Å². The van der Waals surface area contributed by atoms with Crippen LogP contribution in [0, 0.1) is 0 Å². The van der Waals surface area contributed by atoms with Crippen molar-refractivity contribution < 1.29 is 4.57 Å². The topological polar surface area (TPSA) is 3.88 Å². The number of aromatic nitrogens is 1. The molecular weight excluding hydrogens is 262 g/mol. The Morgan fingerprint density at radius 3 is 2.50 bits per heavy atom. The van der Waals surface area contributed by atoms with Gasteiger partial charge in [-0.05, 0) is 29.0 Å². The molecule has 20 heavy (non-hydrogen) atoms. The van der Waals surface area contributed by atoms with Gasteiger partial charge in [-0.1, -0.05) is 47.7 Å². The Labute approximate surface area is 120 Å². The first-order valence-electron chi connectivity index (χ1n) is 6.83. The largest absolute Gasteiger partial charge is 0.270 e. The van der Waals surface area contributed by atoms with E-state index in [0.717, 1.165) is 6.54 Å². The van der Waals surface area contributed by atoms with Crippen LogP contribution in [0.1, 0.15) is 5.56 Å². The molecule has 1 nitrogen and oxygen atoms in total. The summed E-state index contributed by atoms with van der Waals surface area (Å²) in [5.74, 6) is 0. The average Bonchev–Trinajstić information content (AvgIpc) is 3.01. The zero-order chi connectivity index (χ0) is 13.1. The van der Waals surface area contributed by atoms with Gasteiger partial charge in [-0.15, -0.1) is 0 Å². The number of para-hydroxylation sites is 1. The Morgan fingerprint density at radius 1 is 0.850 bits per heavy atom. The molecule has 0 bridgehead atoms. The third-order valence-electron chi connectivity index (χ3n) is 4.14. The molecule has 2 heterocycles. The number of hydrogen-bond acceptors (Lipinski definition) is 1. The van der Waals surface area contributed by atoms with E-state index in [0.29, 0.717) is 0 Å². The lowest BCUT2D eigenvalue weighted by Crippen LogP contribution is -2.30. The van der Waals surface area contributed by atoms with Gasteiger partial charge < -0.3 is 0 Å². The van der Waals surface area contributed by atoms with Crippen molar-refractivity contribution in [1.82, 2.24) is 0 Å². The second-order valence-corrected chi connectivity index (χ2v) is 6.35. The van der Waals surface area contributed by atoms with E-state index >= 15 is 0 Å². The van der Waals surface area contributed by atoms with Crippen molar-refractivity contribution in [1.29, 1.82) is 0 Å². The lowest BCUT2D eigenvalue weighted by atomic mass is 10.0. The normalized spacial score (nSPS) is 12.8. The summed E-state index contributed by atoms with van der Waals surface area (Å²) >= 11 is 1.90. The first-order valence-corrected chi connectivity index (χ1v) is 7.65. The number of fused-ring (bicyclic) bond motifs is 6. The van der Waals surface area contributed by atoms with Crippen LogP contribution in [-0.2, 0) is 6.54 Å². The maximum Gasteiger partial charge on any atom is 0.270 e. The number of hydrogen-bond donors (Lipinski definition) is 0. The molecular formula is C18H12NS+. The van der Waals surface area contributed by atoms with Crippen molar-refractivity contribution in [3.05, 3.63) is 66.2 Å². The van der Waals surface area contributed by atoms with E-state index in [9.17, 15) is 0 Å². The molecule has 0 saturated heterocycles. The van der Waals surface area contributed by atoms with Gasteiger partial charge in [-0.2, -0.15) is 4.57 Å².